The van der Waals surface area contributed by atoms with E-state index in [0.717, 1.165) is 53.6 Å². The van der Waals surface area contributed by atoms with Gasteiger partial charge in [0, 0.05) is 45.3 Å². The van der Waals surface area contributed by atoms with Crippen molar-refractivity contribution in [3.8, 4) is 17.2 Å². The Bertz CT molecular complexity index is 1350. The van der Waals surface area contributed by atoms with Crippen molar-refractivity contribution in [2.24, 2.45) is 0 Å². The predicted molar refractivity (Wildman–Crippen MR) is 141 cm³/mol. The number of benzene rings is 3. The Morgan fingerprint density at radius 2 is 1.68 bits per heavy atom. The van der Waals surface area contributed by atoms with E-state index in [-0.39, 0.29) is 18.6 Å². The Kier molecular flexibility index (Phi) is 6.41. The van der Waals surface area contributed by atoms with E-state index >= 15 is 0 Å². The fourth-order valence-electron chi connectivity index (χ4n) is 5.78. The van der Waals surface area contributed by atoms with Crippen LogP contribution in [0.3, 0.4) is 0 Å². The average Bonchev–Trinajstić information content (AvgIpc) is 3.43. The summed E-state index contributed by atoms with van der Waals surface area (Å²) >= 11 is 0. The molecule has 2 amide bonds. The van der Waals surface area contributed by atoms with Gasteiger partial charge in [-0.25, -0.2) is 0 Å². The van der Waals surface area contributed by atoms with Gasteiger partial charge in [0.2, 0.25) is 12.7 Å². The zero-order valence-corrected chi connectivity index (χ0v) is 21.6. The summed E-state index contributed by atoms with van der Waals surface area (Å²) in [6.45, 7) is 3.87. The van der Waals surface area contributed by atoms with Crippen molar-refractivity contribution in [3.63, 3.8) is 0 Å². The van der Waals surface area contributed by atoms with Crippen LogP contribution in [0.15, 0.2) is 66.7 Å². The number of likely N-dealkylation sites (N-methyl/N-ethyl adjacent to an activating group) is 1. The van der Waals surface area contributed by atoms with Crippen molar-refractivity contribution >= 4 is 11.8 Å². The summed E-state index contributed by atoms with van der Waals surface area (Å²) < 4.78 is 16.3. The van der Waals surface area contributed by atoms with Crippen molar-refractivity contribution < 1.29 is 23.8 Å². The number of ether oxygens (including phenoxy) is 3. The van der Waals surface area contributed by atoms with Crippen molar-refractivity contribution in [1.82, 2.24) is 14.7 Å². The first-order valence-electron chi connectivity index (χ1n) is 12.9. The molecule has 0 radical (unpaired) electrons. The molecule has 0 spiro atoms. The number of amides is 2. The van der Waals surface area contributed by atoms with Crippen LogP contribution in [0.4, 0.5) is 0 Å². The lowest BCUT2D eigenvalue weighted by Crippen LogP contribution is -2.52. The van der Waals surface area contributed by atoms with Crippen LogP contribution in [-0.4, -0.2) is 73.6 Å². The van der Waals surface area contributed by atoms with E-state index in [0.29, 0.717) is 18.7 Å². The molecule has 1 fully saturated rings. The first kappa shape index (κ1) is 24.3. The summed E-state index contributed by atoms with van der Waals surface area (Å²) in [5.41, 5.74) is 3.47. The summed E-state index contributed by atoms with van der Waals surface area (Å²) in [7, 11) is 3.41. The highest BCUT2D eigenvalue weighted by atomic mass is 16.7. The molecule has 0 aliphatic carbocycles. The van der Waals surface area contributed by atoms with Gasteiger partial charge in [0.15, 0.2) is 11.5 Å². The van der Waals surface area contributed by atoms with Crippen LogP contribution in [0.5, 0.6) is 17.2 Å². The highest BCUT2D eigenvalue weighted by molar-refractivity contribution is 6.01. The van der Waals surface area contributed by atoms with Gasteiger partial charge in [-0.05, 0) is 47.0 Å². The van der Waals surface area contributed by atoms with Crippen LogP contribution in [0.2, 0.25) is 0 Å². The molecule has 0 saturated carbocycles. The lowest BCUT2D eigenvalue weighted by atomic mass is 9.79. The van der Waals surface area contributed by atoms with Crippen molar-refractivity contribution in [2.45, 2.75) is 18.5 Å². The second-order valence-electron chi connectivity index (χ2n) is 9.99. The van der Waals surface area contributed by atoms with Gasteiger partial charge >= 0.3 is 0 Å². The van der Waals surface area contributed by atoms with Crippen LogP contribution >= 0.6 is 0 Å². The van der Waals surface area contributed by atoms with Crippen LogP contribution in [0, 0.1) is 0 Å². The molecule has 0 N–H and O–H groups in total. The maximum Gasteiger partial charge on any atom is 0.254 e. The van der Waals surface area contributed by atoms with Crippen molar-refractivity contribution in [3.05, 3.63) is 89.0 Å². The monoisotopic (exact) mass is 513 g/mol. The number of fused-ring (bicyclic) bond motifs is 2. The van der Waals surface area contributed by atoms with Gasteiger partial charge in [0.05, 0.1) is 19.1 Å². The molecule has 3 aromatic carbocycles. The highest BCUT2D eigenvalue weighted by Gasteiger charge is 2.44. The van der Waals surface area contributed by atoms with Gasteiger partial charge < -0.3 is 24.0 Å². The van der Waals surface area contributed by atoms with E-state index < -0.39 is 12.0 Å². The minimum Gasteiger partial charge on any atom is -0.497 e. The first-order valence-corrected chi connectivity index (χ1v) is 12.9. The number of methoxy groups -OCH3 is 1. The minimum atomic E-state index is -0.484. The smallest absolute Gasteiger partial charge is 0.254 e. The van der Waals surface area contributed by atoms with Crippen LogP contribution in [0.25, 0.3) is 0 Å². The van der Waals surface area contributed by atoms with Crippen LogP contribution in [-0.2, 0) is 11.3 Å². The van der Waals surface area contributed by atoms with E-state index in [1.807, 2.05) is 65.6 Å². The fourth-order valence-corrected chi connectivity index (χ4v) is 5.78. The third-order valence-corrected chi connectivity index (χ3v) is 7.83. The Hall–Kier alpha value is -4.04. The molecular weight excluding hydrogens is 482 g/mol. The van der Waals surface area contributed by atoms with Crippen LogP contribution < -0.4 is 14.2 Å². The second kappa shape index (κ2) is 10.0. The Morgan fingerprint density at radius 1 is 0.947 bits per heavy atom. The lowest BCUT2D eigenvalue weighted by molar-refractivity contribution is -0.136. The number of carbonyl (C=O) groups excluding carboxylic acids is 2. The third-order valence-electron chi connectivity index (χ3n) is 7.83. The van der Waals surface area contributed by atoms with Gasteiger partial charge in [-0.2, -0.15) is 0 Å². The molecule has 2 atom stereocenters. The number of hydrogen-bond acceptors (Lipinski definition) is 6. The topological polar surface area (TPSA) is 71.5 Å². The predicted octanol–water partition coefficient (Wildman–Crippen LogP) is 3.68. The van der Waals surface area contributed by atoms with E-state index in [1.54, 1.807) is 19.1 Å². The summed E-state index contributed by atoms with van der Waals surface area (Å²) in [5, 5.41) is 0. The summed E-state index contributed by atoms with van der Waals surface area (Å²) in [4.78, 5) is 33.5. The summed E-state index contributed by atoms with van der Waals surface area (Å²) in [5.74, 6) is 1.81. The molecule has 3 aromatic rings. The van der Waals surface area contributed by atoms with E-state index in [4.69, 9.17) is 14.2 Å². The molecule has 196 valence electrons. The molecule has 0 bridgehead atoms. The van der Waals surface area contributed by atoms with Gasteiger partial charge in [0.1, 0.15) is 5.75 Å². The SMILES string of the molecule is COc1ccc(C2C(C(=O)N3CCN(Cc4ccc5c(c4)OCO5)CC3)c3ccccc3C(=O)N2C)cc1. The zero-order valence-electron chi connectivity index (χ0n) is 21.6. The van der Waals surface area contributed by atoms with Crippen molar-refractivity contribution in [2.75, 3.05) is 47.1 Å². The molecule has 0 aromatic heterocycles. The molecule has 3 aliphatic heterocycles. The minimum absolute atomic E-state index is 0.0559. The number of carbonyl (C=O) groups is 2. The lowest BCUT2D eigenvalue weighted by Gasteiger charge is -2.43. The molecule has 2 unspecified atom stereocenters. The van der Waals surface area contributed by atoms with E-state index in [1.165, 1.54) is 0 Å². The molecule has 38 heavy (non-hydrogen) atoms. The molecule has 8 heteroatoms. The Morgan fingerprint density at radius 3 is 2.45 bits per heavy atom. The normalized spacial score (nSPS) is 20.8. The Balaban J connectivity index is 1.22. The summed E-state index contributed by atoms with van der Waals surface area (Å²) in [6, 6.07) is 20.8. The van der Waals surface area contributed by atoms with Gasteiger partial charge in [-0.3, -0.25) is 14.5 Å². The third kappa shape index (κ3) is 4.35. The first-order chi connectivity index (χ1) is 18.5. The molecule has 1 saturated heterocycles. The Labute approximate surface area is 222 Å². The van der Waals surface area contributed by atoms with E-state index in [9.17, 15) is 9.59 Å². The quantitative estimate of drug-likeness (QED) is 0.519. The maximum absolute atomic E-state index is 14.2. The maximum atomic E-state index is 14.2. The highest BCUT2D eigenvalue weighted by Crippen LogP contribution is 2.43. The van der Waals surface area contributed by atoms with Gasteiger partial charge in [0.25, 0.3) is 5.91 Å². The van der Waals surface area contributed by atoms with Crippen LogP contribution in [0.1, 0.15) is 39.0 Å². The van der Waals surface area contributed by atoms with E-state index in [2.05, 4.69) is 11.0 Å². The van der Waals surface area contributed by atoms with Gasteiger partial charge in [-0.1, -0.05) is 36.4 Å². The molecular formula is C30H31N3O5. The molecule has 3 heterocycles. The number of piperazine rings is 1. The molecule has 8 nitrogen and oxygen atoms in total. The second-order valence-corrected chi connectivity index (χ2v) is 9.99. The largest absolute Gasteiger partial charge is 0.497 e. The number of rotatable bonds is 5. The standard InChI is InChI=1S/C30H31N3O5/c1-31-28(21-8-10-22(36-2)11-9-21)27(23-5-3-4-6-24(23)29(31)34)30(35)33-15-13-32(14-16-33)18-20-7-12-25-26(17-20)38-19-37-25/h3-12,17,27-28H,13-16,18-19H2,1-2H3. The van der Waals surface area contributed by atoms with Crippen molar-refractivity contribution in [1.29, 1.82) is 0 Å². The molecule has 3 aliphatic rings. The summed E-state index contributed by atoms with van der Waals surface area (Å²) in [6.07, 6.45) is 0. The zero-order chi connectivity index (χ0) is 26.2. The average molecular weight is 514 g/mol. The molecule has 6 rings (SSSR count). The number of nitrogens with zero attached hydrogens (tertiary/aromatic N) is 3. The van der Waals surface area contributed by atoms with Gasteiger partial charge in [-0.15, -0.1) is 0 Å². The number of hydrogen-bond donors (Lipinski definition) is 0. The fraction of sp³-hybridized carbons (Fsp3) is 0.333.